The predicted octanol–water partition coefficient (Wildman–Crippen LogP) is 6.41. The zero-order valence-electron chi connectivity index (χ0n) is 26.1. The number of ether oxygens (including phenoxy) is 1. The van der Waals surface area contributed by atoms with Crippen molar-refractivity contribution in [3.05, 3.63) is 71.3 Å². The quantitative estimate of drug-likeness (QED) is 0.0990. The Bertz CT molecular complexity index is 1640. The van der Waals surface area contributed by atoms with Gasteiger partial charge in [0.2, 0.25) is 0 Å². The number of hydrogen-bond acceptors (Lipinski definition) is 6. The second-order valence-electron chi connectivity index (χ2n) is 11.5. The SMILES string of the molecule is COCCn1c(-c2ccc(C3=CCC(C(=N)N)CC3)cc2F)nnc1-c1ccc(C2=CCC(C(=N)N)CC2)cc1F.O=C(O)C(F)(F)F. The Hall–Kier alpha value is -4.92. The van der Waals surface area contributed by atoms with Gasteiger partial charge in [0.25, 0.3) is 0 Å². The molecule has 7 N–H and O–H groups in total. The number of nitrogens with one attached hydrogen (secondary N) is 2. The number of carboxylic acid groups (broad SMARTS) is 1. The van der Waals surface area contributed by atoms with Gasteiger partial charge in [-0.2, -0.15) is 13.2 Å². The van der Waals surface area contributed by atoms with Crippen LogP contribution in [0.4, 0.5) is 22.0 Å². The molecule has 2 aliphatic rings. The number of hydrogen-bond donors (Lipinski definition) is 5. The van der Waals surface area contributed by atoms with Crippen molar-refractivity contribution in [1.29, 1.82) is 10.8 Å². The normalized spacial score (nSPS) is 17.9. The van der Waals surface area contributed by atoms with E-state index in [0.29, 0.717) is 37.6 Å². The molecule has 0 radical (unpaired) electrons. The van der Waals surface area contributed by atoms with Gasteiger partial charge in [0.05, 0.1) is 29.4 Å². The Balaban J connectivity index is 0.000000671. The van der Waals surface area contributed by atoms with Crippen molar-refractivity contribution in [2.45, 2.75) is 51.2 Å². The number of amidine groups is 2. The summed E-state index contributed by atoms with van der Waals surface area (Å²) in [6, 6.07) is 10.1. The molecule has 0 bridgehead atoms. The molecule has 0 saturated carbocycles. The summed E-state index contributed by atoms with van der Waals surface area (Å²) >= 11 is 0. The minimum atomic E-state index is -5.08. The fourth-order valence-electron chi connectivity index (χ4n) is 5.65. The number of rotatable bonds is 9. The molecule has 0 amide bonds. The van der Waals surface area contributed by atoms with Gasteiger partial charge in [0.15, 0.2) is 11.6 Å². The van der Waals surface area contributed by atoms with Crippen molar-refractivity contribution in [2.24, 2.45) is 23.3 Å². The average Bonchev–Trinajstić information content (AvgIpc) is 3.46. The second kappa shape index (κ2) is 15.3. The van der Waals surface area contributed by atoms with Crippen LogP contribution in [0, 0.1) is 34.3 Å². The van der Waals surface area contributed by atoms with Gasteiger partial charge in [-0.1, -0.05) is 24.3 Å². The number of halogens is 5. The Labute approximate surface area is 273 Å². The fraction of sp³-hybridized carbons (Fsp3) is 0.364. The number of aliphatic carboxylic acids is 1. The molecular formula is C33H36F5N7O3. The first-order valence-corrected chi connectivity index (χ1v) is 15.1. The highest BCUT2D eigenvalue weighted by Crippen LogP contribution is 2.35. The van der Waals surface area contributed by atoms with Crippen LogP contribution in [-0.4, -0.2) is 57.4 Å². The van der Waals surface area contributed by atoms with Crippen LogP contribution in [0.15, 0.2) is 48.6 Å². The molecule has 0 spiro atoms. The number of nitrogens with two attached hydrogens (primary N) is 2. The van der Waals surface area contributed by atoms with E-state index in [1.807, 2.05) is 24.3 Å². The molecule has 15 heteroatoms. The zero-order chi connectivity index (χ0) is 35.2. The number of benzene rings is 2. The summed E-state index contributed by atoms with van der Waals surface area (Å²) in [5.74, 6) is -2.61. The number of methoxy groups -OCH3 is 1. The van der Waals surface area contributed by atoms with Crippen LogP contribution in [0.3, 0.4) is 0 Å². The third-order valence-electron chi connectivity index (χ3n) is 8.38. The maximum atomic E-state index is 15.5. The summed E-state index contributed by atoms with van der Waals surface area (Å²) in [6.07, 6.45) is 3.29. The van der Waals surface area contributed by atoms with Crippen molar-refractivity contribution in [2.75, 3.05) is 13.7 Å². The summed E-state index contributed by atoms with van der Waals surface area (Å²) in [5, 5.41) is 31.0. The Morgan fingerprint density at radius 1 is 0.896 bits per heavy atom. The standard InChI is InChI=1S/C31H35F2N7O.C2HF3O2/c1-41-15-14-40-30(24-12-10-22(16-26(24)32)18-2-6-20(7-3-18)28(34)35)38-39-31(40)25-13-11-23(17-27(25)33)19-4-8-21(9-5-19)29(36)37;3-2(4,5)1(6)7/h2,4,10-13,16-17,20-21H,3,5-9,14-15H2,1H3,(H3,34,35)(H3,36,37);(H,6,7). The van der Waals surface area contributed by atoms with E-state index in [9.17, 15) is 13.2 Å². The number of carbonyl (C=O) groups is 1. The monoisotopic (exact) mass is 673 g/mol. The molecule has 2 unspecified atom stereocenters. The van der Waals surface area contributed by atoms with Crippen molar-refractivity contribution < 1.29 is 36.6 Å². The van der Waals surface area contributed by atoms with Gasteiger partial charge < -0.3 is 25.9 Å². The van der Waals surface area contributed by atoms with E-state index in [4.69, 9.17) is 36.9 Å². The summed E-state index contributed by atoms with van der Waals surface area (Å²) < 4.78 is 69.8. The summed E-state index contributed by atoms with van der Waals surface area (Å²) in [7, 11) is 1.57. The molecule has 48 heavy (non-hydrogen) atoms. The first kappa shape index (κ1) is 35.9. The maximum absolute atomic E-state index is 15.5. The van der Waals surface area contributed by atoms with Crippen LogP contribution in [0.25, 0.3) is 33.9 Å². The van der Waals surface area contributed by atoms with E-state index >= 15 is 8.78 Å². The van der Waals surface area contributed by atoms with Crippen LogP contribution >= 0.6 is 0 Å². The van der Waals surface area contributed by atoms with Gasteiger partial charge in [0.1, 0.15) is 11.6 Å². The van der Waals surface area contributed by atoms with Crippen LogP contribution in [-0.2, 0) is 16.1 Å². The van der Waals surface area contributed by atoms with Crippen molar-refractivity contribution in [1.82, 2.24) is 14.8 Å². The van der Waals surface area contributed by atoms with Crippen LogP contribution in [0.1, 0.15) is 49.7 Å². The molecule has 1 aromatic heterocycles. The highest BCUT2D eigenvalue weighted by atomic mass is 19.4. The molecule has 0 saturated heterocycles. The van der Waals surface area contributed by atoms with Crippen molar-refractivity contribution in [3.63, 3.8) is 0 Å². The van der Waals surface area contributed by atoms with Gasteiger partial charge in [-0.25, -0.2) is 13.6 Å². The molecule has 0 fully saturated rings. The summed E-state index contributed by atoms with van der Waals surface area (Å²) in [6.45, 7) is 0.623. The zero-order valence-corrected chi connectivity index (χ0v) is 26.1. The molecule has 0 aliphatic heterocycles. The number of alkyl halides is 3. The molecule has 256 valence electrons. The Morgan fingerprint density at radius 2 is 1.31 bits per heavy atom. The first-order chi connectivity index (χ1) is 22.7. The lowest BCUT2D eigenvalue weighted by molar-refractivity contribution is -0.192. The van der Waals surface area contributed by atoms with Crippen LogP contribution in [0.5, 0.6) is 0 Å². The van der Waals surface area contributed by atoms with E-state index in [2.05, 4.69) is 10.2 Å². The fourth-order valence-corrected chi connectivity index (χ4v) is 5.65. The lowest BCUT2D eigenvalue weighted by Crippen LogP contribution is -2.23. The van der Waals surface area contributed by atoms with Gasteiger partial charge in [0, 0.05) is 25.5 Å². The largest absolute Gasteiger partial charge is 0.490 e. The van der Waals surface area contributed by atoms with Gasteiger partial charge >= 0.3 is 12.1 Å². The first-order valence-electron chi connectivity index (χ1n) is 15.1. The molecule has 10 nitrogen and oxygen atoms in total. The minimum Gasteiger partial charge on any atom is -0.475 e. The predicted molar refractivity (Wildman–Crippen MR) is 171 cm³/mol. The third kappa shape index (κ3) is 8.51. The van der Waals surface area contributed by atoms with Crippen LogP contribution < -0.4 is 11.5 Å². The maximum Gasteiger partial charge on any atom is 0.490 e. The molecule has 2 aromatic carbocycles. The molecule has 2 aliphatic carbocycles. The molecular weight excluding hydrogens is 637 g/mol. The number of nitrogens with zero attached hydrogens (tertiary/aromatic N) is 3. The molecule has 1 heterocycles. The molecule has 3 aromatic rings. The number of allylic oxidation sites excluding steroid dienone is 4. The van der Waals surface area contributed by atoms with Crippen molar-refractivity contribution >= 4 is 28.8 Å². The van der Waals surface area contributed by atoms with Gasteiger partial charge in [-0.3, -0.25) is 10.8 Å². The average molecular weight is 674 g/mol. The van der Waals surface area contributed by atoms with Crippen molar-refractivity contribution in [3.8, 4) is 22.8 Å². The van der Waals surface area contributed by atoms with Gasteiger partial charge in [-0.15, -0.1) is 10.2 Å². The second-order valence-corrected chi connectivity index (χ2v) is 11.5. The highest BCUT2D eigenvalue weighted by molar-refractivity contribution is 5.82. The van der Waals surface area contributed by atoms with Crippen LogP contribution in [0.2, 0.25) is 0 Å². The molecule has 2 atom stereocenters. The van der Waals surface area contributed by atoms with E-state index < -0.39 is 23.8 Å². The Morgan fingerprint density at radius 3 is 1.60 bits per heavy atom. The lowest BCUT2D eigenvalue weighted by atomic mass is 9.86. The van der Waals surface area contributed by atoms with E-state index in [0.717, 1.165) is 48.0 Å². The van der Waals surface area contributed by atoms with E-state index in [1.54, 1.807) is 23.8 Å². The molecule has 5 rings (SSSR count). The Kier molecular flexibility index (Phi) is 11.5. The topological polar surface area (TPSA) is 177 Å². The lowest BCUT2D eigenvalue weighted by Gasteiger charge is -2.21. The van der Waals surface area contributed by atoms with E-state index in [-0.39, 0.29) is 34.6 Å². The van der Waals surface area contributed by atoms with E-state index in [1.165, 1.54) is 12.1 Å². The third-order valence-corrected chi connectivity index (χ3v) is 8.38. The summed E-state index contributed by atoms with van der Waals surface area (Å²) in [5.41, 5.74) is 15.5. The smallest absolute Gasteiger partial charge is 0.475 e. The number of aromatic nitrogens is 3. The van der Waals surface area contributed by atoms with Gasteiger partial charge in [-0.05, 0) is 85.1 Å². The minimum absolute atomic E-state index is 0.0357. The number of carboxylic acids is 1. The highest BCUT2D eigenvalue weighted by Gasteiger charge is 2.38. The summed E-state index contributed by atoms with van der Waals surface area (Å²) in [4.78, 5) is 8.90.